The first kappa shape index (κ1) is 12.8. The highest BCUT2D eigenvalue weighted by Crippen LogP contribution is 2.28. The van der Waals surface area contributed by atoms with Gasteiger partial charge in [0, 0.05) is 0 Å². The number of aliphatic imine (C=N–C) groups is 1. The van der Waals surface area contributed by atoms with E-state index in [1.165, 1.54) is 13.5 Å². The SMILES string of the molecule is CC1=C(Cl)N=C(F)N(c2nc(F)nc(C)c2F)[CH]1. The lowest BCUT2D eigenvalue weighted by Crippen LogP contribution is -2.30. The number of aromatic nitrogens is 2. The first-order valence-electron chi connectivity index (χ1n) is 4.84. The molecular formula is C10H7ClF3N4. The minimum absolute atomic E-state index is 0.0598. The molecule has 0 saturated heterocycles. The van der Waals surface area contributed by atoms with Crippen LogP contribution in [0.4, 0.5) is 19.0 Å². The third-order valence-corrected chi connectivity index (χ3v) is 2.62. The summed E-state index contributed by atoms with van der Waals surface area (Å²) in [6.45, 7) is 3.97. The second kappa shape index (κ2) is 4.56. The average molecular weight is 276 g/mol. The highest BCUT2D eigenvalue weighted by Gasteiger charge is 2.26. The molecule has 1 aromatic heterocycles. The number of hydrogen-bond acceptors (Lipinski definition) is 4. The van der Waals surface area contributed by atoms with Gasteiger partial charge in [-0.1, -0.05) is 11.6 Å². The van der Waals surface area contributed by atoms with Crippen LogP contribution in [-0.2, 0) is 0 Å². The molecule has 0 saturated carbocycles. The molecule has 0 fully saturated rings. The fourth-order valence-corrected chi connectivity index (χ4v) is 1.46. The Morgan fingerprint density at radius 3 is 2.50 bits per heavy atom. The second-order valence-corrected chi connectivity index (χ2v) is 3.93. The summed E-state index contributed by atoms with van der Waals surface area (Å²) in [6, 6.07) is 0. The van der Waals surface area contributed by atoms with Crippen molar-refractivity contribution in [1.29, 1.82) is 0 Å². The van der Waals surface area contributed by atoms with E-state index in [0.29, 0.717) is 10.5 Å². The molecule has 0 spiro atoms. The number of nitrogens with zero attached hydrogens (tertiary/aromatic N) is 4. The molecule has 0 bridgehead atoms. The number of amidine groups is 1. The van der Waals surface area contributed by atoms with E-state index in [2.05, 4.69) is 15.0 Å². The van der Waals surface area contributed by atoms with E-state index in [0.717, 1.165) is 0 Å². The summed E-state index contributed by atoms with van der Waals surface area (Å²) < 4.78 is 40.4. The fraction of sp³-hybridized carbons (Fsp3) is 0.200. The van der Waals surface area contributed by atoms with E-state index < -0.39 is 23.8 Å². The van der Waals surface area contributed by atoms with Gasteiger partial charge in [0.15, 0.2) is 11.6 Å². The molecule has 2 rings (SSSR count). The Labute approximate surface area is 106 Å². The standard InChI is InChI=1S/C10H7ClF3N4/c1-4-3-18(10(14)16-7(4)11)8-6(12)5(2)15-9(13)17-8/h3H,1-2H3. The van der Waals surface area contributed by atoms with Gasteiger partial charge in [-0.05, 0) is 19.4 Å². The molecule has 1 aliphatic heterocycles. The van der Waals surface area contributed by atoms with Crippen LogP contribution in [0, 0.1) is 25.4 Å². The summed E-state index contributed by atoms with van der Waals surface area (Å²) in [6.07, 6.45) is -2.24. The fourth-order valence-electron chi connectivity index (χ4n) is 1.34. The summed E-state index contributed by atoms with van der Waals surface area (Å²) >= 11 is 5.61. The van der Waals surface area contributed by atoms with Gasteiger partial charge in [-0.25, -0.2) is 9.37 Å². The Kier molecular flexibility index (Phi) is 3.25. The smallest absolute Gasteiger partial charge is 0.274 e. The highest BCUT2D eigenvalue weighted by molar-refractivity contribution is 6.31. The zero-order chi connectivity index (χ0) is 13.4. The number of hydrogen-bond donors (Lipinski definition) is 0. The van der Waals surface area contributed by atoms with Crippen LogP contribution in [-0.4, -0.2) is 16.1 Å². The van der Waals surface area contributed by atoms with Crippen LogP contribution in [0.5, 0.6) is 0 Å². The minimum atomic E-state index is -1.15. The van der Waals surface area contributed by atoms with E-state index in [1.54, 1.807) is 6.92 Å². The quantitative estimate of drug-likeness (QED) is 0.584. The molecule has 8 heteroatoms. The zero-order valence-corrected chi connectivity index (χ0v) is 10.1. The van der Waals surface area contributed by atoms with Crippen LogP contribution in [0.1, 0.15) is 12.6 Å². The van der Waals surface area contributed by atoms with Gasteiger partial charge in [0.05, 0.1) is 12.2 Å². The third-order valence-electron chi connectivity index (χ3n) is 2.24. The molecule has 0 atom stereocenters. The number of anilines is 1. The zero-order valence-electron chi connectivity index (χ0n) is 9.38. The summed E-state index contributed by atoms with van der Waals surface area (Å²) in [5.74, 6) is -1.48. The topological polar surface area (TPSA) is 41.4 Å². The molecule has 0 N–H and O–H groups in total. The maximum Gasteiger partial charge on any atom is 0.310 e. The summed E-state index contributed by atoms with van der Waals surface area (Å²) in [5, 5.41) is -0.0598. The summed E-state index contributed by atoms with van der Waals surface area (Å²) in [7, 11) is 0. The van der Waals surface area contributed by atoms with E-state index in [4.69, 9.17) is 11.6 Å². The molecule has 0 unspecified atom stereocenters. The molecule has 1 aromatic rings. The van der Waals surface area contributed by atoms with Gasteiger partial charge in [-0.3, -0.25) is 4.90 Å². The number of aryl methyl sites for hydroxylation is 1. The van der Waals surface area contributed by atoms with Gasteiger partial charge in [-0.15, -0.1) is 0 Å². The lowest BCUT2D eigenvalue weighted by molar-refractivity contribution is 0.508. The van der Waals surface area contributed by atoms with E-state index in [-0.39, 0.29) is 10.9 Å². The van der Waals surface area contributed by atoms with Crippen molar-refractivity contribution in [3.8, 4) is 0 Å². The number of halogens is 4. The predicted octanol–water partition coefficient (Wildman–Crippen LogP) is 2.84. The van der Waals surface area contributed by atoms with Gasteiger partial charge in [-0.2, -0.15) is 18.8 Å². The Bertz CT molecular complexity index is 570. The van der Waals surface area contributed by atoms with Crippen molar-refractivity contribution in [2.75, 3.05) is 4.90 Å². The van der Waals surface area contributed by atoms with Gasteiger partial charge >= 0.3 is 6.08 Å². The van der Waals surface area contributed by atoms with Gasteiger partial charge in [0.25, 0.3) is 6.09 Å². The van der Waals surface area contributed by atoms with Crippen LogP contribution in [0.15, 0.2) is 15.7 Å². The number of rotatable bonds is 1. The Morgan fingerprint density at radius 1 is 1.17 bits per heavy atom. The van der Waals surface area contributed by atoms with Crippen molar-refractivity contribution in [2.45, 2.75) is 13.8 Å². The lowest BCUT2D eigenvalue weighted by atomic mass is 10.2. The van der Waals surface area contributed by atoms with Crippen molar-refractivity contribution in [2.24, 2.45) is 4.99 Å². The van der Waals surface area contributed by atoms with E-state index in [1.807, 2.05) is 0 Å². The molecule has 4 nitrogen and oxygen atoms in total. The van der Waals surface area contributed by atoms with Gasteiger partial charge < -0.3 is 0 Å². The highest BCUT2D eigenvalue weighted by atomic mass is 35.5. The largest absolute Gasteiger partial charge is 0.310 e. The Balaban J connectivity index is 2.49. The summed E-state index contributed by atoms with van der Waals surface area (Å²) in [4.78, 5) is 10.5. The van der Waals surface area contributed by atoms with Crippen LogP contribution in [0.2, 0.25) is 0 Å². The van der Waals surface area contributed by atoms with Crippen molar-refractivity contribution in [1.82, 2.24) is 9.97 Å². The predicted molar refractivity (Wildman–Crippen MR) is 60.6 cm³/mol. The maximum atomic E-state index is 13.7. The molecule has 0 aliphatic carbocycles. The maximum absolute atomic E-state index is 13.7. The molecule has 18 heavy (non-hydrogen) atoms. The molecule has 0 amide bonds. The molecule has 2 heterocycles. The minimum Gasteiger partial charge on any atom is -0.274 e. The first-order valence-corrected chi connectivity index (χ1v) is 5.22. The lowest BCUT2D eigenvalue weighted by Gasteiger charge is -2.23. The molecule has 0 aromatic carbocycles. The Morgan fingerprint density at radius 2 is 1.83 bits per heavy atom. The molecule has 95 valence electrons. The van der Waals surface area contributed by atoms with Crippen molar-refractivity contribution >= 4 is 23.5 Å². The first-order chi connectivity index (χ1) is 8.40. The molecular weight excluding hydrogens is 269 g/mol. The van der Waals surface area contributed by atoms with Crippen molar-refractivity contribution < 1.29 is 13.2 Å². The monoisotopic (exact) mass is 275 g/mol. The molecule has 1 radical (unpaired) electrons. The second-order valence-electron chi connectivity index (χ2n) is 3.57. The van der Waals surface area contributed by atoms with Crippen molar-refractivity contribution in [3.63, 3.8) is 0 Å². The normalized spacial score (nSPS) is 16.1. The van der Waals surface area contributed by atoms with Gasteiger partial charge in [0.1, 0.15) is 5.16 Å². The molecule has 1 aliphatic rings. The van der Waals surface area contributed by atoms with E-state index >= 15 is 0 Å². The van der Waals surface area contributed by atoms with Crippen LogP contribution in [0.25, 0.3) is 0 Å². The summed E-state index contributed by atoms with van der Waals surface area (Å²) in [5.41, 5.74) is 0.172. The average Bonchev–Trinajstić information content (AvgIpc) is 2.29. The van der Waals surface area contributed by atoms with Gasteiger partial charge in [0.2, 0.25) is 0 Å². The van der Waals surface area contributed by atoms with Crippen LogP contribution in [0.3, 0.4) is 0 Å². The Hall–Kier alpha value is -1.63. The third kappa shape index (κ3) is 2.17. The van der Waals surface area contributed by atoms with Crippen LogP contribution >= 0.6 is 11.6 Å². The van der Waals surface area contributed by atoms with Crippen molar-refractivity contribution in [3.05, 3.63) is 34.9 Å². The van der Waals surface area contributed by atoms with E-state index in [9.17, 15) is 13.2 Å². The van der Waals surface area contributed by atoms with Crippen LogP contribution < -0.4 is 4.90 Å².